The van der Waals surface area contributed by atoms with Gasteiger partial charge >= 0.3 is 0 Å². The predicted molar refractivity (Wildman–Crippen MR) is 82.0 cm³/mol. The van der Waals surface area contributed by atoms with Crippen molar-refractivity contribution in [1.29, 1.82) is 0 Å². The Bertz CT molecular complexity index is 403. The lowest BCUT2D eigenvalue weighted by molar-refractivity contribution is -0.117. The molecule has 1 saturated heterocycles. The van der Waals surface area contributed by atoms with Gasteiger partial charge in [-0.15, -0.1) is 12.4 Å². The van der Waals surface area contributed by atoms with Gasteiger partial charge in [0.25, 0.3) is 0 Å². The fourth-order valence-corrected chi connectivity index (χ4v) is 2.39. The Morgan fingerprint density at radius 2 is 2.00 bits per heavy atom. The minimum Gasteiger partial charge on any atom is -0.325 e. The van der Waals surface area contributed by atoms with E-state index in [0.717, 1.165) is 25.2 Å². The Morgan fingerprint density at radius 1 is 1.26 bits per heavy atom. The Labute approximate surface area is 121 Å². The number of piperidine rings is 1. The summed E-state index contributed by atoms with van der Waals surface area (Å²) in [6, 6.07) is 8.08. The van der Waals surface area contributed by atoms with E-state index < -0.39 is 0 Å². The lowest BCUT2D eigenvalue weighted by atomic mass is 10.1. The molecule has 1 amide bonds. The van der Waals surface area contributed by atoms with E-state index in [1.165, 1.54) is 24.8 Å². The minimum atomic E-state index is 0. The zero-order valence-corrected chi connectivity index (χ0v) is 12.3. The van der Waals surface area contributed by atoms with Gasteiger partial charge in [0.05, 0.1) is 6.54 Å². The average molecular weight is 283 g/mol. The second-order valence-corrected chi connectivity index (χ2v) is 4.94. The molecule has 1 aromatic rings. The van der Waals surface area contributed by atoms with Gasteiger partial charge in [-0.25, -0.2) is 0 Å². The summed E-state index contributed by atoms with van der Waals surface area (Å²) in [5, 5.41) is 2.98. The number of likely N-dealkylation sites (tertiary alicyclic amines) is 1. The van der Waals surface area contributed by atoms with Crippen molar-refractivity contribution >= 4 is 24.0 Å². The van der Waals surface area contributed by atoms with Gasteiger partial charge in [0.1, 0.15) is 0 Å². The maximum Gasteiger partial charge on any atom is 0.238 e. The van der Waals surface area contributed by atoms with E-state index in [1.54, 1.807) is 0 Å². The molecule has 0 aliphatic carbocycles. The molecule has 1 aliphatic heterocycles. The highest BCUT2D eigenvalue weighted by Gasteiger charge is 2.13. The van der Waals surface area contributed by atoms with Gasteiger partial charge < -0.3 is 5.32 Å². The molecule has 0 radical (unpaired) electrons. The van der Waals surface area contributed by atoms with Crippen LogP contribution < -0.4 is 5.32 Å². The molecule has 0 bridgehead atoms. The number of halogens is 1. The second kappa shape index (κ2) is 8.18. The number of hydrogen-bond acceptors (Lipinski definition) is 2. The number of anilines is 1. The van der Waals surface area contributed by atoms with E-state index in [9.17, 15) is 4.79 Å². The SMILES string of the molecule is CCc1cccc(NC(=O)CN2CCCCC2)c1.Cl. The Hall–Kier alpha value is -1.06. The largest absolute Gasteiger partial charge is 0.325 e. The summed E-state index contributed by atoms with van der Waals surface area (Å²) in [5.74, 6) is 0.102. The Morgan fingerprint density at radius 3 is 2.68 bits per heavy atom. The van der Waals surface area contributed by atoms with Crippen molar-refractivity contribution in [2.75, 3.05) is 25.0 Å². The maximum atomic E-state index is 11.9. The van der Waals surface area contributed by atoms with Crippen molar-refractivity contribution < 1.29 is 4.79 Å². The average Bonchev–Trinajstić information content (AvgIpc) is 2.40. The number of hydrogen-bond donors (Lipinski definition) is 1. The molecule has 1 heterocycles. The quantitative estimate of drug-likeness (QED) is 0.920. The number of rotatable bonds is 4. The van der Waals surface area contributed by atoms with E-state index in [-0.39, 0.29) is 18.3 Å². The topological polar surface area (TPSA) is 32.3 Å². The van der Waals surface area contributed by atoms with Crippen LogP contribution in [0.3, 0.4) is 0 Å². The standard InChI is InChI=1S/C15H22N2O.ClH/c1-2-13-7-6-8-14(11-13)16-15(18)12-17-9-4-3-5-10-17;/h6-8,11H,2-5,9-10,12H2,1H3,(H,16,18);1H. The summed E-state index contributed by atoms with van der Waals surface area (Å²) in [6.07, 6.45) is 4.74. The van der Waals surface area contributed by atoms with E-state index in [4.69, 9.17) is 0 Å². The number of carbonyl (C=O) groups excluding carboxylic acids is 1. The van der Waals surface area contributed by atoms with Gasteiger partial charge in [-0.3, -0.25) is 9.69 Å². The summed E-state index contributed by atoms with van der Waals surface area (Å²) >= 11 is 0. The highest BCUT2D eigenvalue weighted by atomic mass is 35.5. The third-order valence-corrected chi connectivity index (χ3v) is 3.43. The second-order valence-electron chi connectivity index (χ2n) is 4.94. The Kier molecular flexibility index (Phi) is 6.89. The highest BCUT2D eigenvalue weighted by molar-refractivity contribution is 5.92. The van der Waals surface area contributed by atoms with Crippen LogP contribution in [0.2, 0.25) is 0 Å². The monoisotopic (exact) mass is 282 g/mol. The number of benzene rings is 1. The first-order chi connectivity index (χ1) is 8.78. The normalized spacial score (nSPS) is 15.6. The van der Waals surface area contributed by atoms with Crippen LogP contribution in [0, 0.1) is 0 Å². The van der Waals surface area contributed by atoms with Gasteiger partial charge in [-0.2, -0.15) is 0 Å². The summed E-state index contributed by atoms with van der Waals surface area (Å²) in [6.45, 7) is 4.76. The van der Waals surface area contributed by atoms with Crippen LogP contribution in [0.15, 0.2) is 24.3 Å². The summed E-state index contributed by atoms with van der Waals surface area (Å²) < 4.78 is 0. The van der Waals surface area contributed by atoms with Gasteiger partial charge in [-0.05, 0) is 50.0 Å². The van der Waals surface area contributed by atoms with Crippen molar-refractivity contribution in [3.8, 4) is 0 Å². The molecule has 106 valence electrons. The molecule has 0 saturated carbocycles. The smallest absolute Gasteiger partial charge is 0.238 e. The van der Waals surface area contributed by atoms with Crippen LogP contribution in [0.25, 0.3) is 0 Å². The van der Waals surface area contributed by atoms with E-state index >= 15 is 0 Å². The third kappa shape index (κ3) is 5.21. The van der Waals surface area contributed by atoms with Crippen LogP contribution in [0.5, 0.6) is 0 Å². The summed E-state index contributed by atoms with van der Waals surface area (Å²) in [5.41, 5.74) is 2.17. The first kappa shape index (κ1) is 16.0. The van der Waals surface area contributed by atoms with Crippen molar-refractivity contribution in [3.05, 3.63) is 29.8 Å². The number of amides is 1. The number of nitrogens with one attached hydrogen (secondary N) is 1. The van der Waals surface area contributed by atoms with Gasteiger partial charge in [0.15, 0.2) is 0 Å². The van der Waals surface area contributed by atoms with Gasteiger partial charge in [-0.1, -0.05) is 25.5 Å². The van der Waals surface area contributed by atoms with Crippen molar-refractivity contribution in [1.82, 2.24) is 4.90 Å². The molecule has 1 aliphatic rings. The molecule has 2 rings (SSSR count). The molecule has 1 aromatic carbocycles. The maximum absolute atomic E-state index is 11.9. The van der Waals surface area contributed by atoms with E-state index in [0.29, 0.717) is 6.54 Å². The molecule has 0 aromatic heterocycles. The first-order valence-electron chi connectivity index (χ1n) is 6.89. The van der Waals surface area contributed by atoms with Crippen molar-refractivity contribution in [3.63, 3.8) is 0 Å². The van der Waals surface area contributed by atoms with Crippen LogP contribution in [-0.2, 0) is 11.2 Å². The number of carbonyl (C=O) groups is 1. The summed E-state index contributed by atoms with van der Waals surface area (Å²) in [4.78, 5) is 14.2. The van der Waals surface area contributed by atoms with Gasteiger partial charge in [0, 0.05) is 5.69 Å². The number of aryl methyl sites for hydroxylation is 1. The predicted octanol–water partition coefficient (Wildman–Crippen LogP) is 3.10. The molecular formula is C15H23ClN2O. The Balaban J connectivity index is 0.00000180. The van der Waals surface area contributed by atoms with Crippen LogP contribution in [-0.4, -0.2) is 30.4 Å². The lowest BCUT2D eigenvalue weighted by Gasteiger charge is -2.25. The van der Waals surface area contributed by atoms with Crippen molar-refractivity contribution in [2.24, 2.45) is 0 Å². The minimum absolute atomic E-state index is 0. The molecular weight excluding hydrogens is 260 g/mol. The zero-order chi connectivity index (χ0) is 12.8. The van der Waals surface area contributed by atoms with Crippen LogP contribution >= 0.6 is 12.4 Å². The molecule has 0 atom stereocenters. The molecule has 3 nitrogen and oxygen atoms in total. The highest BCUT2D eigenvalue weighted by Crippen LogP contribution is 2.12. The molecule has 0 spiro atoms. The van der Waals surface area contributed by atoms with Gasteiger partial charge in [0.2, 0.25) is 5.91 Å². The van der Waals surface area contributed by atoms with Crippen LogP contribution in [0.1, 0.15) is 31.7 Å². The molecule has 1 fully saturated rings. The van der Waals surface area contributed by atoms with E-state index in [2.05, 4.69) is 23.2 Å². The molecule has 1 N–H and O–H groups in total. The van der Waals surface area contributed by atoms with Crippen LogP contribution in [0.4, 0.5) is 5.69 Å². The van der Waals surface area contributed by atoms with E-state index in [1.807, 2.05) is 18.2 Å². The third-order valence-electron chi connectivity index (χ3n) is 3.43. The fourth-order valence-electron chi connectivity index (χ4n) is 2.39. The molecule has 0 unspecified atom stereocenters. The lowest BCUT2D eigenvalue weighted by Crippen LogP contribution is -2.36. The fraction of sp³-hybridized carbons (Fsp3) is 0.533. The van der Waals surface area contributed by atoms with Crippen molar-refractivity contribution in [2.45, 2.75) is 32.6 Å². The molecule has 4 heteroatoms. The number of nitrogens with zero attached hydrogens (tertiary/aromatic N) is 1. The first-order valence-corrected chi connectivity index (χ1v) is 6.89. The summed E-state index contributed by atoms with van der Waals surface area (Å²) in [7, 11) is 0. The zero-order valence-electron chi connectivity index (χ0n) is 11.5. The molecule has 19 heavy (non-hydrogen) atoms.